The molecule has 0 radical (unpaired) electrons. The molecule has 0 bridgehead atoms. The van der Waals surface area contributed by atoms with E-state index >= 15 is 0 Å². The molecule has 0 aliphatic heterocycles. The standard InChI is InChI=1S/C27H26N4O3S/c1-33-22-14-12-18(16-23(22)34-2)26-19(17-31(30-26)20-8-4-3-5-9-20)13-15-25(32)29-27-28-21-10-6-7-11-24(21)35-27/h3-5,8-9,12-17H,6-7,10-11H2,1-2H3,(H,28,29,32). The Bertz CT molecular complexity index is 1350. The van der Waals surface area contributed by atoms with Gasteiger partial charge in [0.25, 0.3) is 0 Å². The number of aryl methyl sites for hydroxylation is 2. The van der Waals surface area contributed by atoms with Gasteiger partial charge in [0.1, 0.15) is 5.69 Å². The number of hydrogen-bond donors (Lipinski definition) is 1. The number of nitrogens with zero attached hydrogens (tertiary/aromatic N) is 3. The van der Waals surface area contributed by atoms with Crippen LogP contribution >= 0.6 is 11.3 Å². The summed E-state index contributed by atoms with van der Waals surface area (Å²) in [5.41, 5.74) is 4.43. The van der Waals surface area contributed by atoms with Crippen molar-refractivity contribution < 1.29 is 14.3 Å². The molecule has 178 valence electrons. The van der Waals surface area contributed by atoms with Crippen molar-refractivity contribution in [2.45, 2.75) is 25.7 Å². The first-order chi connectivity index (χ1) is 17.1. The van der Waals surface area contributed by atoms with Crippen LogP contribution < -0.4 is 14.8 Å². The van der Waals surface area contributed by atoms with Gasteiger partial charge in [-0.25, -0.2) is 9.67 Å². The van der Waals surface area contributed by atoms with Gasteiger partial charge in [-0.05, 0) is 62.1 Å². The van der Waals surface area contributed by atoms with Crippen LogP contribution in [0.2, 0.25) is 0 Å². The number of rotatable bonds is 7. The summed E-state index contributed by atoms with van der Waals surface area (Å²) in [4.78, 5) is 18.6. The van der Waals surface area contributed by atoms with E-state index < -0.39 is 0 Å². The summed E-state index contributed by atoms with van der Waals surface area (Å²) in [6.45, 7) is 0. The van der Waals surface area contributed by atoms with Gasteiger partial charge in [0.15, 0.2) is 16.6 Å². The molecule has 0 unspecified atom stereocenters. The molecule has 0 atom stereocenters. The fraction of sp³-hybridized carbons (Fsp3) is 0.222. The molecule has 0 saturated heterocycles. The molecule has 8 heteroatoms. The van der Waals surface area contributed by atoms with Gasteiger partial charge < -0.3 is 9.47 Å². The summed E-state index contributed by atoms with van der Waals surface area (Å²) in [5, 5.41) is 8.39. The summed E-state index contributed by atoms with van der Waals surface area (Å²) >= 11 is 1.58. The molecule has 0 fully saturated rings. The first-order valence-corrected chi connectivity index (χ1v) is 12.3. The number of para-hydroxylation sites is 1. The Morgan fingerprint density at radius 2 is 1.86 bits per heavy atom. The van der Waals surface area contributed by atoms with Gasteiger partial charge in [-0.3, -0.25) is 10.1 Å². The second kappa shape index (κ2) is 10.1. The zero-order chi connectivity index (χ0) is 24.2. The molecule has 1 aliphatic rings. The van der Waals surface area contributed by atoms with Crippen LogP contribution in [0, 0.1) is 0 Å². The highest BCUT2D eigenvalue weighted by molar-refractivity contribution is 7.15. The maximum absolute atomic E-state index is 12.7. The van der Waals surface area contributed by atoms with Gasteiger partial charge in [-0.2, -0.15) is 5.10 Å². The van der Waals surface area contributed by atoms with E-state index in [2.05, 4.69) is 10.3 Å². The Labute approximate surface area is 208 Å². The monoisotopic (exact) mass is 486 g/mol. The molecule has 5 rings (SSSR count). The number of methoxy groups -OCH3 is 2. The summed E-state index contributed by atoms with van der Waals surface area (Å²) in [7, 11) is 3.21. The van der Waals surface area contributed by atoms with E-state index in [1.807, 2.05) is 54.7 Å². The van der Waals surface area contributed by atoms with Crippen LogP contribution in [0.15, 0.2) is 60.8 Å². The van der Waals surface area contributed by atoms with Crippen molar-refractivity contribution in [3.8, 4) is 28.4 Å². The number of aromatic nitrogens is 3. The minimum atomic E-state index is -0.221. The quantitative estimate of drug-likeness (QED) is 0.347. The third-order valence-electron chi connectivity index (χ3n) is 5.91. The Hall–Kier alpha value is -3.91. The first-order valence-electron chi connectivity index (χ1n) is 11.5. The first kappa shape index (κ1) is 22.9. The summed E-state index contributed by atoms with van der Waals surface area (Å²) in [6, 6.07) is 15.5. The lowest BCUT2D eigenvalue weighted by Crippen LogP contribution is -2.07. The predicted molar refractivity (Wildman–Crippen MR) is 139 cm³/mol. The number of anilines is 1. The number of amides is 1. The molecule has 35 heavy (non-hydrogen) atoms. The molecular formula is C27H26N4O3S. The highest BCUT2D eigenvalue weighted by Crippen LogP contribution is 2.34. The fourth-order valence-electron chi connectivity index (χ4n) is 4.15. The lowest BCUT2D eigenvalue weighted by Gasteiger charge is -2.09. The van der Waals surface area contributed by atoms with Crippen LogP contribution in [0.25, 0.3) is 23.0 Å². The number of carbonyl (C=O) groups excluding carboxylic acids is 1. The molecule has 7 nitrogen and oxygen atoms in total. The molecule has 2 aromatic carbocycles. The highest BCUT2D eigenvalue weighted by atomic mass is 32.1. The fourth-order valence-corrected chi connectivity index (χ4v) is 5.20. The van der Waals surface area contributed by atoms with E-state index in [4.69, 9.17) is 14.6 Å². The SMILES string of the molecule is COc1ccc(-c2nn(-c3ccccc3)cc2C=CC(=O)Nc2nc3c(s2)CCCC3)cc1OC. The van der Waals surface area contributed by atoms with Gasteiger partial charge >= 0.3 is 0 Å². The lowest BCUT2D eigenvalue weighted by molar-refractivity contribution is -0.111. The molecule has 0 spiro atoms. The minimum Gasteiger partial charge on any atom is -0.493 e. The van der Waals surface area contributed by atoms with Crippen LogP contribution in [-0.2, 0) is 17.6 Å². The molecule has 4 aromatic rings. The van der Waals surface area contributed by atoms with Crippen molar-refractivity contribution >= 4 is 28.5 Å². The molecule has 1 aliphatic carbocycles. The largest absolute Gasteiger partial charge is 0.493 e. The van der Waals surface area contributed by atoms with Crippen molar-refractivity contribution in [2.24, 2.45) is 0 Å². The van der Waals surface area contributed by atoms with Crippen molar-refractivity contribution in [3.63, 3.8) is 0 Å². The van der Waals surface area contributed by atoms with E-state index in [0.717, 1.165) is 47.5 Å². The number of carbonyl (C=O) groups is 1. The number of nitrogens with one attached hydrogen (secondary N) is 1. The number of benzene rings is 2. The predicted octanol–water partition coefficient (Wildman–Crippen LogP) is 5.54. The average molecular weight is 487 g/mol. The molecular weight excluding hydrogens is 460 g/mol. The Kier molecular flexibility index (Phi) is 6.63. The molecule has 1 N–H and O–H groups in total. The van der Waals surface area contributed by atoms with Crippen LogP contribution in [-0.4, -0.2) is 34.9 Å². The number of thiazole rings is 1. The molecule has 2 heterocycles. The number of fused-ring (bicyclic) bond motifs is 1. The van der Waals surface area contributed by atoms with E-state index in [9.17, 15) is 4.79 Å². The summed E-state index contributed by atoms with van der Waals surface area (Å²) < 4.78 is 12.7. The normalized spacial score (nSPS) is 13.0. The van der Waals surface area contributed by atoms with E-state index in [1.54, 1.807) is 36.3 Å². The Morgan fingerprint density at radius 1 is 1.06 bits per heavy atom. The van der Waals surface area contributed by atoms with Crippen LogP contribution in [0.1, 0.15) is 29.0 Å². The van der Waals surface area contributed by atoms with Crippen molar-refractivity contribution in [2.75, 3.05) is 19.5 Å². The second-order valence-corrected chi connectivity index (χ2v) is 9.29. The van der Waals surface area contributed by atoms with Crippen LogP contribution in [0.3, 0.4) is 0 Å². The van der Waals surface area contributed by atoms with Crippen molar-refractivity contribution in [1.82, 2.24) is 14.8 Å². The zero-order valence-corrected chi connectivity index (χ0v) is 20.5. The lowest BCUT2D eigenvalue weighted by atomic mass is 10.0. The van der Waals surface area contributed by atoms with E-state index in [1.165, 1.54) is 17.4 Å². The topological polar surface area (TPSA) is 78.3 Å². The van der Waals surface area contributed by atoms with Gasteiger partial charge in [0.05, 0.1) is 25.6 Å². The average Bonchev–Trinajstić information content (AvgIpc) is 3.51. The highest BCUT2D eigenvalue weighted by Gasteiger charge is 2.17. The third kappa shape index (κ3) is 4.97. The Balaban J connectivity index is 1.45. The van der Waals surface area contributed by atoms with Gasteiger partial charge in [0, 0.05) is 28.3 Å². The van der Waals surface area contributed by atoms with E-state index in [0.29, 0.717) is 16.6 Å². The maximum Gasteiger partial charge on any atom is 0.250 e. The van der Waals surface area contributed by atoms with E-state index in [-0.39, 0.29) is 5.91 Å². The van der Waals surface area contributed by atoms with Crippen LogP contribution in [0.5, 0.6) is 11.5 Å². The van der Waals surface area contributed by atoms with Gasteiger partial charge in [-0.15, -0.1) is 11.3 Å². The van der Waals surface area contributed by atoms with Gasteiger partial charge in [0.2, 0.25) is 5.91 Å². The number of ether oxygens (including phenoxy) is 2. The van der Waals surface area contributed by atoms with Crippen molar-refractivity contribution in [3.05, 3.63) is 76.9 Å². The third-order valence-corrected chi connectivity index (χ3v) is 6.98. The molecule has 1 amide bonds. The summed E-state index contributed by atoms with van der Waals surface area (Å²) in [5.74, 6) is 1.03. The Morgan fingerprint density at radius 3 is 2.63 bits per heavy atom. The maximum atomic E-state index is 12.7. The second-order valence-electron chi connectivity index (χ2n) is 8.20. The minimum absolute atomic E-state index is 0.221. The molecule has 2 aromatic heterocycles. The summed E-state index contributed by atoms with van der Waals surface area (Å²) in [6.07, 6.45) is 9.60. The number of hydrogen-bond acceptors (Lipinski definition) is 6. The van der Waals surface area contributed by atoms with Crippen molar-refractivity contribution in [1.29, 1.82) is 0 Å². The van der Waals surface area contributed by atoms with Gasteiger partial charge in [-0.1, -0.05) is 18.2 Å². The zero-order valence-electron chi connectivity index (χ0n) is 19.7. The van der Waals surface area contributed by atoms with Crippen LogP contribution in [0.4, 0.5) is 5.13 Å². The smallest absolute Gasteiger partial charge is 0.250 e. The molecule has 0 saturated carbocycles.